The summed E-state index contributed by atoms with van der Waals surface area (Å²) >= 11 is 0. The standard InChI is InChI=1S/C17H24N2O2/c1-18-17(16(20)21,15-8-9-15)12-19-10-4-7-13-5-2-3-6-14(13)11-19/h2-3,5-6,15,18H,4,7-12H2,1H3,(H,20,21). The second-order valence-electron chi connectivity index (χ2n) is 6.38. The first kappa shape index (κ1) is 14.5. The van der Waals surface area contributed by atoms with E-state index in [9.17, 15) is 9.90 Å². The molecule has 114 valence electrons. The van der Waals surface area contributed by atoms with Crippen LogP contribution in [-0.4, -0.2) is 41.7 Å². The van der Waals surface area contributed by atoms with Gasteiger partial charge in [0.15, 0.2) is 0 Å². The van der Waals surface area contributed by atoms with Crippen molar-refractivity contribution in [2.45, 2.75) is 37.8 Å². The number of hydrogen-bond acceptors (Lipinski definition) is 3. The molecule has 1 heterocycles. The van der Waals surface area contributed by atoms with E-state index in [1.54, 1.807) is 7.05 Å². The highest BCUT2D eigenvalue weighted by molar-refractivity contribution is 5.80. The zero-order chi connectivity index (χ0) is 14.9. The van der Waals surface area contributed by atoms with Crippen LogP contribution in [-0.2, 0) is 17.8 Å². The highest BCUT2D eigenvalue weighted by Gasteiger charge is 2.51. The molecule has 0 aromatic heterocycles. The van der Waals surface area contributed by atoms with Gasteiger partial charge >= 0.3 is 5.97 Å². The summed E-state index contributed by atoms with van der Waals surface area (Å²) in [5, 5.41) is 12.9. The third-order valence-electron chi connectivity index (χ3n) is 5.01. The highest BCUT2D eigenvalue weighted by Crippen LogP contribution is 2.40. The monoisotopic (exact) mass is 288 g/mol. The third kappa shape index (κ3) is 2.83. The number of nitrogens with zero attached hydrogens (tertiary/aromatic N) is 1. The van der Waals surface area contributed by atoms with E-state index in [1.807, 2.05) is 0 Å². The van der Waals surface area contributed by atoms with Crippen LogP contribution >= 0.6 is 0 Å². The molecule has 1 saturated carbocycles. The van der Waals surface area contributed by atoms with Crippen molar-refractivity contribution in [2.75, 3.05) is 20.1 Å². The van der Waals surface area contributed by atoms with Crippen LogP contribution < -0.4 is 5.32 Å². The van der Waals surface area contributed by atoms with Crippen molar-refractivity contribution < 1.29 is 9.90 Å². The van der Waals surface area contributed by atoms with E-state index < -0.39 is 11.5 Å². The molecule has 21 heavy (non-hydrogen) atoms. The van der Waals surface area contributed by atoms with Crippen molar-refractivity contribution in [1.29, 1.82) is 0 Å². The van der Waals surface area contributed by atoms with E-state index in [0.717, 1.165) is 38.8 Å². The first-order chi connectivity index (χ1) is 10.2. The zero-order valence-corrected chi connectivity index (χ0v) is 12.6. The maximum atomic E-state index is 11.8. The van der Waals surface area contributed by atoms with Gasteiger partial charge in [0.2, 0.25) is 0 Å². The molecular weight excluding hydrogens is 264 g/mol. The summed E-state index contributed by atoms with van der Waals surface area (Å²) in [6.07, 6.45) is 4.24. The molecule has 0 amide bonds. The summed E-state index contributed by atoms with van der Waals surface area (Å²) in [6.45, 7) is 2.43. The molecule has 4 heteroatoms. The molecule has 0 saturated heterocycles. The highest BCUT2D eigenvalue weighted by atomic mass is 16.4. The van der Waals surface area contributed by atoms with Gasteiger partial charge in [-0.1, -0.05) is 24.3 Å². The Morgan fingerprint density at radius 2 is 2.10 bits per heavy atom. The minimum Gasteiger partial charge on any atom is -0.480 e. The van der Waals surface area contributed by atoms with Gasteiger partial charge in [-0.05, 0) is 56.3 Å². The summed E-state index contributed by atoms with van der Waals surface area (Å²) in [4.78, 5) is 14.2. The summed E-state index contributed by atoms with van der Waals surface area (Å²) in [7, 11) is 1.79. The fraction of sp³-hybridized carbons (Fsp3) is 0.588. The van der Waals surface area contributed by atoms with Crippen molar-refractivity contribution in [3.63, 3.8) is 0 Å². The Morgan fingerprint density at radius 1 is 1.38 bits per heavy atom. The van der Waals surface area contributed by atoms with Gasteiger partial charge in [0.1, 0.15) is 5.54 Å². The lowest BCUT2D eigenvalue weighted by Gasteiger charge is -2.35. The number of likely N-dealkylation sites (N-methyl/N-ethyl adjacent to an activating group) is 1. The molecule has 2 aliphatic rings. The van der Waals surface area contributed by atoms with Crippen LogP contribution in [0.4, 0.5) is 0 Å². The quantitative estimate of drug-likeness (QED) is 0.869. The molecule has 0 spiro atoms. The number of hydrogen-bond donors (Lipinski definition) is 2. The number of carboxylic acids is 1. The smallest absolute Gasteiger partial charge is 0.325 e. The van der Waals surface area contributed by atoms with Gasteiger partial charge in [-0.15, -0.1) is 0 Å². The molecule has 0 bridgehead atoms. The van der Waals surface area contributed by atoms with Gasteiger partial charge in [0.05, 0.1) is 0 Å². The molecule has 2 N–H and O–H groups in total. The van der Waals surface area contributed by atoms with Gasteiger partial charge in [0.25, 0.3) is 0 Å². The van der Waals surface area contributed by atoms with Gasteiger partial charge in [-0.25, -0.2) is 0 Å². The summed E-state index contributed by atoms with van der Waals surface area (Å²) in [5.74, 6) is -0.427. The van der Waals surface area contributed by atoms with Crippen molar-refractivity contribution in [2.24, 2.45) is 5.92 Å². The number of rotatable bonds is 5. The second kappa shape index (κ2) is 5.78. The van der Waals surface area contributed by atoms with E-state index in [2.05, 4.69) is 34.5 Å². The Bertz CT molecular complexity index is 527. The van der Waals surface area contributed by atoms with E-state index in [4.69, 9.17) is 0 Å². The molecule has 0 radical (unpaired) electrons. The lowest BCUT2D eigenvalue weighted by Crippen LogP contribution is -2.59. The molecule has 1 aromatic rings. The SMILES string of the molecule is CNC(CN1CCCc2ccccc2C1)(C(=O)O)C1CC1. The predicted octanol–water partition coefficient (Wildman–Crippen LogP) is 1.89. The average molecular weight is 288 g/mol. The number of aliphatic carboxylic acids is 1. The molecule has 4 nitrogen and oxygen atoms in total. The maximum absolute atomic E-state index is 11.8. The summed E-state index contributed by atoms with van der Waals surface area (Å²) in [5.41, 5.74) is 1.98. The van der Waals surface area contributed by atoms with Crippen LogP contribution in [0.3, 0.4) is 0 Å². The lowest BCUT2D eigenvalue weighted by atomic mass is 9.92. The van der Waals surface area contributed by atoms with Gasteiger partial charge < -0.3 is 10.4 Å². The Morgan fingerprint density at radius 3 is 2.71 bits per heavy atom. The molecular formula is C17H24N2O2. The first-order valence-corrected chi connectivity index (χ1v) is 7.87. The predicted molar refractivity (Wildman–Crippen MR) is 82.2 cm³/mol. The molecule has 1 atom stereocenters. The van der Waals surface area contributed by atoms with Crippen LogP contribution in [0.25, 0.3) is 0 Å². The van der Waals surface area contributed by atoms with E-state index in [0.29, 0.717) is 6.54 Å². The Balaban J connectivity index is 1.79. The minimum atomic E-state index is -0.778. The average Bonchev–Trinajstić information content (AvgIpc) is 3.31. The Labute approximate surface area is 126 Å². The minimum absolute atomic E-state index is 0.276. The van der Waals surface area contributed by atoms with Crippen molar-refractivity contribution in [1.82, 2.24) is 10.2 Å². The number of nitrogens with one attached hydrogen (secondary N) is 1. The maximum Gasteiger partial charge on any atom is 0.325 e. The molecule has 3 rings (SSSR count). The topological polar surface area (TPSA) is 52.6 Å². The fourth-order valence-electron chi connectivity index (χ4n) is 3.59. The van der Waals surface area contributed by atoms with E-state index >= 15 is 0 Å². The van der Waals surface area contributed by atoms with E-state index in [-0.39, 0.29) is 5.92 Å². The van der Waals surface area contributed by atoms with Gasteiger partial charge in [0, 0.05) is 13.1 Å². The summed E-state index contributed by atoms with van der Waals surface area (Å²) < 4.78 is 0. The molecule has 1 fully saturated rings. The zero-order valence-electron chi connectivity index (χ0n) is 12.6. The van der Waals surface area contributed by atoms with Gasteiger partial charge in [-0.2, -0.15) is 0 Å². The Kier molecular flexibility index (Phi) is 4.00. The fourth-order valence-corrected chi connectivity index (χ4v) is 3.59. The molecule has 1 aliphatic carbocycles. The van der Waals surface area contributed by atoms with Crippen molar-refractivity contribution in [3.8, 4) is 0 Å². The molecule has 1 aliphatic heterocycles. The molecule has 1 aromatic carbocycles. The summed E-state index contributed by atoms with van der Waals surface area (Å²) in [6, 6.07) is 8.54. The van der Waals surface area contributed by atoms with Crippen LogP contribution in [0, 0.1) is 5.92 Å². The normalized spacial score (nSPS) is 22.1. The number of carbonyl (C=O) groups is 1. The number of benzene rings is 1. The van der Waals surface area contributed by atoms with Crippen LogP contribution in [0.2, 0.25) is 0 Å². The second-order valence-corrected chi connectivity index (χ2v) is 6.38. The Hall–Kier alpha value is -1.39. The van der Waals surface area contributed by atoms with Crippen molar-refractivity contribution in [3.05, 3.63) is 35.4 Å². The number of aryl methyl sites for hydroxylation is 1. The largest absolute Gasteiger partial charge is 0.480 e. The number of fused-ring (bicyclic) bond motifs is 1. The third-order valence-corrected chi connectivity index (χ3v) is 5.01. The molecule has 1 unspecified atom stereocenters. The first-order valence-electron chi connectivity index (χ1n) is 7.87. The van der Waals surface area contributed by atoms with Crippen LogP contribution in [0.1, 0.15) is 30.4 Å². The van der Waals surface area contributed by atoms with Gasteiger partial charge in [-0.3, -0.25) is 9.69 Å². The number of carboxylic acid groups (broad SMARTS) is 1. The van der Waals surface area contributed by atoms with Crippen molar-refractivity contribution >= 4 is 5.97 Å². The lowest BCUT2D eigenvalue weighted by molar-refractivity contribution is -0.146. The van der Waals surface area contributed by atoms with E-state index in [1.165, 1.54) is 11.1 Å². The van der Waals surface area contributed by atoms with Crippen LogP contribution in [0.5, 0.6) is 0 Å². The van der Waals surface area contributed by atoms with Crippen LogP contribution in [0.15, 0.2) is 24.3 Å².